The maximum Gasteiger partial charge on any atom is 0.209 e. The number of benzene rings is 2. The maximum absolute atomic E-state index is 11.1. The predicted molar refractivity (Wildman–Crippen MR) is 92.3 cm³/mol. The van der Waals surface area contributed by atoms with Crippen LogP contribution in [0.2, 0.25) is 0 Å². The summed E-state index contributed by atoms with van der Waals surface area (Å²) in [5, 5.41) is 0. The lowest BCUT2D eigenvalue weighted by Crippen LogP contribution is -2.21. The quantitative estimate of drug-likeness (QED) is 0.934. The minimum Gasteiger partial charge on any atom is -0.213 e. The smallest absolute Gasteiger partial charge is 0.209 e. The van der Waals surface area contributed by atoms with Crippen LogP contribution in [0.5, 0.6) is 0 Å². The van der Waals surface area contributed by atoms with Crippen molar-refractivity contribution in [2.75, 3.05) is 6.26 Å². The third kappa shape index (κ3) is 4.68. The Morgan fingerprint density at radius 2 is 1.32 bits per heavy atom. The molecule has 0 atom stereocenters. The molecule has 0 heterocycles. The minimum absolute atomic E-state index is 0.152. The van der Waals surface area contributed by atoms with Crippen LogP contribution in [-0.2, 0) is 22.0 Å². The molecule has 0 unspecified atom stereocenters. The van der Waals surface area contributed by atoms with E-state index in [2.05, 4.69) is 49.8 Å². The van der Waals surface area contributed by atoms with E-state index in [4.69, 9.17) is 0 Å². The van der Waals surface area contributed by atoms with E-state index in [0.717, 1.165) is 22.9 Å². The van der Waals surface area contributed by atoms with Crippen LogP contribution in [0.3, 0.4) is 0 Å². The lowest BCUT2D eigenvalue weighted by Gasteiger charge is -2.19. The van der Waals surface area contributed by atoms with Gasteiger partial charge in [0.2, 0.25) is 10.0 Å². The van der Waals surface area contributed by atoms with Crippen molar-refractivity contribution in [3.8, 4) is 11.1 Å². The second-order valence-electron chi connectivity index (χ2n) is 6.62. The van der Waals surface area contributed by atoms with Gasteiger partial charge in [0, 0.05) is 6.54 Å². The monoisotopic (exact) mass is 317 g/mol. The summed E-state index contributed by atoms with van der Waals surface area (Å²) in [4.78, 5) is 0. The van der Waals surface area contributed by atoms with Gasteiger partial charge in [0.25, 0.3) is 0 Å². The number of rotatable bonds is 4. The molecule has 1 N–H and O–H groups in total. The summed E-state index contributed by atoms with van der Waals surface area (Å²) in [5.41, 5.74) is 4.70. The third-order valence-electron chi connectivity index (χ3n) is 3.58. The first-order chi connectivity index (χ1) is 10.1. The Balaban J connectivity index is 2.13. The second-order valence-corrected chi connectivity index (χ2v) is 8.45. The average molecular weight is 317 g/mol. The highest BCUT2D eigenvalue weighted by Crippen LogP contribution is 2.26. The molecule has 0 aromatic heterocycles. The molecular formula is C18H23NO2S. The highest BCUT2D eigenvalue weighted by molar-refractivity contribution is 7.88. The molecule has 2 rings (SSSR count). The van der Waals surface area contributed by atoms with E-state index in [1.54, 1.807) is 0 Å². The molecule has 0 radical (unpaired) electrons. The van der Waals surface area contributed by atoms with Gasteiger partial charge in [-0.2, -0.15) is 0 Å². The van der Waals surface area contributed by atoms with Crippen molar-refractivity contribution >= 4 is 10.0 Å². The molecular weight excluding hydrogens is 294 g/mol. The topological polar surface area (TPSA) is 46.2 Å². The summed E-state index contributed by atoms with van der Waals surface area (Å²) in [6.45, 7) is 6.92. The van der Waals surface area contributed by atoms with Crippen LogP contribution in [0, 0.1) is 0 Å². The van der Waals surface area contributed by atoms with E-state index in [0.29, 0.717) is 6.54 Å². The number of nitrogens with one attached hydrogen (secondary N) is 1. The largest absolute Gasteiger partial charge is 0.213 e. The van der Waals surface area contributed by atoms with Crippen molar-refractivity contribution in [2.24, 2.45) is 0 Å². The zero-order chi connectivity index (χ0) is 16.4. The summed E-state index contributed by atoms with van der Waals surface area (Å²) < 4.78 is 24.7. The van der Waals surface area contributed by atoms with Crippen LogP contribution in [0.25, 0.3) is 11.1 Å². The number of hydrogen-bond acceptors (Lipinski definition) is 2. The van der Waals surface area contributed by atoms with Crippen molar-refractivity contribution in [1.82, 2.24) is 4.72 Å². The summed E-state index contributed by atoms with van der Waals surface area (Å²) in [6, 6.07) is 16.5. The fourth-order valence-corrected chi connectivity index (χ4v) is 2.62. The van der Waals surface area contributed by atoms with Crippen LogP contribution >= 0.6 is 0 Å². The molecule has 3 nitrogen and oxygen atoms in total. The molecule has 0 saturated heterocycles. The molecule has 0 aliphatic rings. The van der Waals surface area contributed by atoms with Crippen LogP contribution in [-0.4, -0.2) is 14.7 Å². The van der Waals surface area contributed by atoms with Gasteiger partial charge >= 0.3 is 0 Å². The van der Waals surface area contributed by atoms with E-state index in [-0.39, 0.29) is 5.41 Å². The lowest BCUT2D eigenvalue weighted by molar-refractivity contribution is 0.587. The molecule has 22 heavy (non-hydrogen) atoms. The van der Waals surface area contributed by atoms with Crippen LogP contribution < -0.4 is 4.72 Å². The standard InChI is InChI=1S/C18H23NO2S/c1-18(2,3)17-11-9-16(10-12-17)15-7-5-14(6-8-15)13-19-22(4,20)21/h5-12,19H,13H2,1-4H3. The second kappa shape index (κ2) is 6.23. The van der Waals surface area contributed by atoms with E-state index < -0.39 is 10.0 Å². The molecule has 0 amide bonds. The van der Waals surface area contributed by atoms with Crippen LogP contribution in [0.4, 0.5) is 0 Å². The van der Waals surface area contributed by atoms with Gasteiger partial charge in [-0.15, -0.1) is 0 Å². The fourth-order valence-electron chi connectivity index (χ4n) is 2.19. The van der Waals surface area contributed by atoms with Gasteiger partial charge in [0.15, 0.2) is 0 Å². The van der Waals surface area contributed by atoms with Crippen molar-refractivity contribution in [1.29, 1.82) is 0 Å². The first-order valence-corrected chi connectivity index (χ1v) is 9.19. The van der Waals surface area contributed by atoms with E-state index in [9.17, 15) is 8.42 Å². The summed E-state index contributed by atoms with van der Waals surface area (Å²) in [5.74, 6) is 0. The van der Waals surface area contributed by atoms with Gasteiger partial charge in [0.1, 0.15) is 0 Å². The minimum atomic E-state index is -3.15. The van der Waals surface area contributed by atoms with Crippen molar-refractivity contribution in [3.63, 3.8) is 0 Å². The molecule has 0 aliphatic heterocycles. The van der Waals surface area contributed by atoms with Gasteiger partial charge in [-0.3, -0.25) is 0 Å². The zero-order valence-corrected chi connectivity index (χ0v) is 14.4. The Kier molecular flexibility index (Phi) is 4.73. The Labute approximate surface area is 133 Å². The van der Waals surface area contributed by atoms with Gasteiger partial charge in [-0.25, -0.2) is 13.1 Å². The van der Waals surface area contributed by atoms with Crippen molar-refractivity contribution in [2.45, 2.75) is 32.7 Å². The SMILES string of the molecule is CC(C)(C)c1ccc(-c2ccc(CNS(C)(=O)=O)cc2)cc1. The molecule has 4 heteroatoms. The first kappa shape index (κ1) is 16.7. The Bertz CT molecular complexity index is 724. The molecule has 0 fully saturated rings. The summed E-state index contributed by atoms with van der Waals surface area (Å²) >= 11 is 0. The van der Waals surface area contributed by atoms with E-state index in [1.165, 1.54) is 5.56 Å². The molecule has 0 spiro atoms. The van der Waals surface area contributed by atoms with Gasteiger partial charge in [-0.05, 0) is 27.7 Å². The van der Waals surface area contributed by atoms with Crippen LogP contribution in [0.15, 0.2) is 48.5 Å². The highest BCUT2D eigenvalue weighted by Gasteiger charge is 2.13. The molecule has 0 aliphatic carbocycles. The Hall–Kier alpha value is -1.65. The third-order valence-corrected chi connectivity index (χ3v) is 4.25. The maximum atomic E-state index is 11.1. The first-order valence-electron chi connectivity index (χ1n) is 7.30. The zero-order valence-electron chi connectivity index (χ0n) is 13.6. The number of hydrogen-bond donors (Lipinski definition) is 1. The normalized spacial score (nSPS) is 12.4. The van der Waals surface area contributed by atoms with Crippen LogP contribution in [0.1, 0.15) is 31.9 Å². The van der Waals surface area contributed by atoms with Crippen molar-refractivity contribution in [3.05, 3.63) is 59.7 Å². The fraction of sp³-hybridized carbons (Fsp3) is 0.333. The van der Waals surface area contributed by atoms with Gasteiger partial charge in [-0.1, -0.05) is 69.3 Å². The average Bonchev–Trinajstić information content (AvgIpc) is 2.44. The lowest BCUT2D eigenvalue weighted by atomic mass is 9.86. The Morgan fingerprint density at radius 3 is 1.73 bits per heavy atom. The summed E-state index contributed by atoms with van der Waals surface area (Å²) in [6.07, 6.45) is 1.16. The van der Waals surface area contributed by atoms with E-state index in [1.807, 2.05) is 24.3 Å². The van der Waals surface area contributed by atoms with Crippen molar-refractivity contribution < 1.29 is 8.42 Å². The summed E-state index contributed by atoms with van der Waals surface area (Å²) in [7, 11) is -3.15. The molecule has 2 aromatic rings. The Morgan fingerprint density at radius 1 is 0.864 bits per heavy atom. The van der Waals surface area contributed by atoms with E-state index >= 15 is 0 Å². The van der Waals surface area contributed by atoms with Gasteiger partial charge < -0.3 is 0 Å². The van der Waals surface area contributed by atoms with Gasteiger partial charge in [0.05, 0.1) is 6.26 Å². The molecule has 0 bridgehead atoms. The number of sulfonamides is 1. The molecule has 118 valence electrons. The highest BCUT2D eigenvalue weighted by atomic mass is 32.2. The predicted octanol–water partition coefficient (Wildman–Crippen LogP) is 3.70. The molecule has 2 aromatic carbocycles. The molecule has 0 saturated carbocycles.